The Hall–Kier alpha value is -3.72. The Bertz CT molecular complexity index is 2150. The van der Waals surface area contributed by atoms with E-state index in [1.54, 1.807) is 22.3 Å². The minimum atomic E-state index is -0.462. The van der Waals surface area contributed by atoms with Crippen LogP contribution in [0.25, 0.3) is 28.5 Å². The van der Waals surface area contributed by atoms with E-state index in [1.807, 2.05) is 0 Å². The molecule has 2 N–H and O–H groups in total. The Balaban J connectivity index is 1.08. The van der Waals surface area contributed by atoms with Crippen molar-refractivity contribution in [2.24, 2.45) is 23.5 Å². The maximum Gasteiger partial charge on any atom is 0.0825 e. The highest BCUT2D eigenvalue weighted by Gasteiger charge is 2.55. The van der Waals surface area contributed by atoms with Crippen molar-refractivity contribution in [1.29, 1.82) is 0 Å². The van der Waals surface area contributed by atoms with Crippen LogP contribution in [0.2, 0.25) is 0 Å². The van der Waals surface area contributed by atoms with Gasteiger partial charge in [0.15, 0.2) is 0 Å². The topological polar surface area (TPSA) is 29.3 Å². The number of hydrogen-bond donors (Lipinski definition) is 1. The van der Waals surface area contributed by atoms with Crippen molar-refractivity contribution in [3.05, 3.63) is 135 Å². The largest absolute Gasteiger partial charge is 0.312 e. The first-order valence-corrected chi connectivity index (χ1v) is 22.4. The second kappa shape index (κ2) is 15.0. The van der Waals surface area contributed by atoms with Gasteiger partial charge >= 0.3 is 0 Å². The molecule has 4 atom stereocenters. The summed E-state index contributed by atoms with van der Waals surface area (Å²) in [6.07, 6.45) is 53.0. The SMILES string of the molecule is CN1C(C2=CC=C(C3CCCCC3)CC2)CC(C2=CCCCC2)[C@@]1(N)C1C=C(C2=CC=CCC2)C=C(c2cc3c4c(ccc3c3c2CCC=C3)CCC=C4)C1. The summed E-state index contributed by atoms with van der Waals surface area (Å²) in [6, 6.07) is 7.83. The summed E-state index contributed by atoms with van der Waals surface area (Å²) >= 11 is 0. The normalized spacial score (nSPS) is 29.9. The van der Waals surface area contributed by atoms with Crippen LogP contribution in [-0.4, -0.2) is 23.7 Å². The van der Waals surface area contributed by atoms with Gasteiger partial charge in [-0.05, 0) is 177 Å². The first kappa shape index (κ1) is 35.7. The molecule has 2 nitrogen and oxygen atoms in total. The van der Waals surface area contributed by atoms with E-state index >= 15 is 0 Å². The lowest BCUT2D eigenvalue weighted by Gasteiger charge is -2.47. The highest BCUT2D eigenvalue weighted by atomic mass is 15.3. The molecule has 3 unspecified atom stereocenters. The van der Waals surface area contributed by atoms with Gasteiger partial charge in [0, 0.05) is 17.9 Å². The summed E-state index contributed by atoms with van der Waals surface area (Å²) in [4.78, 5) is 2.70. The van der Waals surface area contributed by atoms with Gasteiger partial charge in [-0.3, -0.25) is 4.90 Å². The summed E-state index contributed by atoms with van der Waals surface area (Å²) in [6.45, 7) is 0. The van der Waals surface area contributed by atoms with Gasteiger partial charge in [0.25, 0.3) is 0 Å². The minimum absolute atomic E-state index is 0.213. The van der Waals surface area contributed by atoms with E-state index < -0.39 is 5.66 Å². The molecule has 0 amide bonds. The van der Waals surface area contributed by atoms with Crippen molar-refractivity contribution >= 4 is 28.5 Å². The molecule has 8 aliphatic rings. The highest BCUT2D eigenvalue weighted by Crippen LogP contribution is 2.53. The molecule has 2 aromatic carbocycles. The van der Waals surface area contributed by atoms with E-state index in [1.165, 1.54) is 120 Å². The van der Waals surface area contributed by atoms with Crippen molar-refractivity contribution in [3.8, 4) is 0 Å². The molecular formula is C53H62N2. The summed E-state index contributed by atoms with van der Waals surface area (Å²) in [5, 5.41) is 2.85. The molecule has 0 bridgehead atoms. The molecule has 2 heteroatoms. The molecule has 2 aromatic rings. The van der Waals surface area contributed by atoms with Crippen molar-refractivity contribution in [3.63, 3.8) is 0 Å². The Morgan fingerprint density at radius 1 is 0.709 bits per heavy atom. The number of likely N-dealkylation sites (N-methyl/N-ethyl adjacent to an activating group) is 1. The van der Waals surface area contributed by atoms with Crippen LogP contribution < -0.4 is 5.73 Å². The quantitative estimate of drug-likeness (QED) is 0.300. The van der Waals surface area contributed by atoms with Crippen molar-refractivity contribution in [2.75, 3.05) is 7.05 Å². The van der Waals surface area contributed by atoms with Gasteiger partial charge in [-0.25, -0.2) is 0 Å². The van der Waals surface area contributed by atoms with Crippen LogP contribution in [-0.2, 0) is 12.8 Å². The summed E-state index contributed by atoms with van der Waals surface area (Å²) in [5.41, 5.74) is 24.6. The average Bonchev–Trinajstić information content (AvgIpc) is 3.54. The average molecular weight is 727 g/mol. The van der Waals surface area contributed by atoms with Gasteiger partial charge in [-0.2, -0.15) is 0 Å². The predicted molar refractivity (Wildman–Crippen MR) is 234 cm³/mol. The number of allylic oxidation sites excluding steroid dienone is 13. The Kier molecular flexibility index (Phi) is 9.72. The van der Waals surface area contributed by atoms with Crippen LogP contribution >= 0.6 is 0 Å². The number of benzene rings is 2. The monoisotopic (exact) mass is 726 g/mol. The van der Waals surface area contributed by atoms with E-state index in [2.05, 4.69) is 103 Å². The second-order valence-electron chi connectivity index (χ2n) is 18.3. The smallest absolute Gasteiger partial charge is 0.0825 e. The minimum Gasteiger partial charge on any atom is -0.312 e. The van der Waals surface area contributed by atoms with Gasteiger partial charge in [0.2, 0.25) is 0 Å². The fourth-order valence-electron chi connectivity index (χ4n) is 12.4. The molecule has 1 aliphatic heterocycles. The fourth-order valence-corrected chi connectivity index (χ4v) is 12.4. The maximum atomic E-state index is 8.26. The first-order chi connectivity index (χ1) is 27.1. The van der Waals surface area contributed by atoms with E-state index in [4.69, 9.17) is 5.73 Å². The van der Waals surface area contributed by atoms with Crippen molar-refractivity contribution in [1.82, 2.24) is 4.90 Å². The number of nitrogens with two attached hydrogens (primary N) is 1. The second-order valence-corrected chi connectivity index (χ2v) is 18.3. The molecule has 1 heterocycles. The van der Waals surface area contributed by atoms with Crippen LogP contribution in [0.1, 0.15) is 137 Å². The van der Waals surface area contributed by atoms with Gasteiger partial charge in [0.1, 0.15) is 0 Å². The molecule has 55 heavy (non-hydrogen) atoms. The standard InChI is InChI=1S/C53H62N2/c1-55-52(41-27-25-38(26-28-41)36-15-5-2-6-16-36)35-51(40-20-9-4-10-21-40)53(55,54)44-32-42(37-17-7-3-8-18-37)31-43(33-44)49-34-50-45-22-12-11-19-39(45)29-30-48(50)46-23-13-14-24-47(46)49/h3,7,12-13,17,20,22-23,25,27,29-32,34,36,44,51-52H,2,4-6,8-11,14-16,18-19,21,24,26,28,33,35,54H2,1H3/t44?,51?,52?,53-/m1/s1. The van der Waals surface area contributed by atoms with Crippen LogP contribution in [0, 0.1) is 17.8 Å². The van der Waals surface area contributed by atoms with Gasteiger partial charge < -0.3 is 5.73 Å². The Morgan fingerprint density at radius 2 is 1.53 bits per heavy atom. The zero-order chi connectivity index (χ0) is 36.9. The molecular weight excluding hydrogens is 665 g/mol. The molecule has 0 radical (unpaired) electrons. The third-order valence-corrected chi connectivity index (χ3v) is 15.4. The third kappa shape index (κ3) is 6.40. The zero-order valence-corrected chi connectivity index (χ0v) is 33.4. The number of fused-ring (bicyclic) bond motifs is 5. The number of aryl methyl sites for hydroxylation is 1. The number of rotatable bonds is 6. The maximum absolute atomic E-state index is 8.26. The van der Waals surface area contributed by atoms with Crippen LogP contribution in [0.15, 0.2) is 107 Å². The summed E-state index contributed by atoms with van der Waals surface area (Å²) in [5.74, 6) is 1.39. The van der Waals surface area contributed by atoms with Crippen LogP contribution in [0.4, 0.5) is 0 Å². The number of nitrogens with zero attached hydrogens (tertiary/aromatic N) is 1. The highest BCUT2D eigenvalue weighted by molar-refractivity contribution is 6.01. The zero-order valence-electron chi connectivity index (χ0n) is 33.4. The molecule has 1 saturated carbocycles. The molecule has 10 rings (SSSR count). The van der Waals surface area contributed by atoms with Crippen molar-refractivity contribution < 1.29 is 0 Å². The first-order valence-electron chi connectivity index (χ1n) is 22.4. The molecule has 7 aliphatic carbocycles. The van der Waals surface area contributed by atoms with E-state index in [9.17, 15) is 0 Å². The van der Waals surface area contributed by atoms with Gasteiger partial charge in [-0.15, -0.1) is 0 Å². The molecule has 0 spiro atoms. The van der Waals surface area contributed by atoms with E-state index in [0.29, 0.717) is 12.0 Å². The molecule has 1 saturated heterocycles. The lowest BCUT2D eigenvalue weighted by atomic mass is 9.69. The van der Waals surface area contributed by atoms with Gasteiger partial charge in [0.05, 0.1) is 5.66 Å². The van der Waals surface area contributed by atoms with Crippen molar-refractivity contribution in [2.45, 2.75) is 134 Å². The number of hydrogen-bond acceptors (Lipinski definition) is 2. The Morgan fingerprint density at radius 3 is 2.33 bits per heavy atom. The predicted octanol–water partition coefficient (Wildman–Crippen LogP) is 13.1. The summed E-state index contributed by atoms with van der Waals surface area (Å²) < 4.78 is 0. The molecule has 0 aromatic heterocycles. The van der Waals surface area contributed by atoms with Gasteiger partial charge in [-0.1, -0.05) is 121 Å². The third-order valence-electron chi connectivity index (χ3n) is 15.4. The lowest BCUT2D eigenvalue weighted by molar-refractivity contribution is 0.0808. The van der Waals surface area contributed by atoms with E-state index in [0.717, 1.165) is 57.3 Å². The van der Waals surface area contributed by atoms with Crippen LogP contribution in [0.3, 0.4) is 0 Å². The molecule has 284 valence electrons. The Labute approximate surface area is 331 Å². The number of likely N-dealkylation sites (tertiary alicyclic amines) is 1. The van der Waals surface area contributed by atoms with E-state index in [-0.39, 0.29) is 5.92 Å². The molecule has 2 fully saturated rings. The van der Waals surface area contributed by atoms with Crippen LogP contribution in [0.5, 0.6) is 0 Å². The fraction of sp³-hybridized carbons (Fsp3) is 0.472. The lowest BCUT2D eigenvalue weighted by Crippen LogP contribution is -2.61. The summed E-state index contributed by atoms with van der Waals surface area (Å²) in [7, 11) is 2.41.